The quantitative estimate of drug-likeness (QED) is 0.188. The number of aryl methyl sites for hydroxylation is 3. The molecule has 0 bridgehead atoms. The highest BCUT2D eigenvalue weighted by molar-refractivity contribution is 7.26. The Kier molecular flexibility index (Phi) is 4.61. The molecule has 0 saturated heterocycles. The summed E-state index contributed by atoms with van der Waals surface area (Å²) < 4.78 is 52.1. The van der Waals surface area contributed by atoms with Gasteiger partial charge in [-0.05, 0) is 71.5 Å². The average molecular weight is 642 g/mol. The van der Waals surface area contributed by atoms with Gasteiger partial charge in [0.15, 0.2) is 5.75 Å². The molecule has 4 nitrogen and oxygen atoms in total. The molecule has 0 atom stereocenters. The van der Waals surface area contributed by atoms with Gasteiger partial charge in [0.2, 0.25) is 0 Å². The van der Waals surface area contributed by atoms with Crippen molar-refractivity contribution < 1.29 is 13.1 Å². The number of aromatic nitrogens is 2. The van der Waals surface area contributed by atoms with Gasteiger partial charge in [0.1, 0.15) is 5.69 Å². The smallest absolute Gasteiger partial charge is 0.265 e. The second kappa shape index (κ2) is 10.1. The minimum absolute atomic E-state index is 0.0374. The summed E-state index contributed by atoms with van der Waals surface area (Å²) in [6.07, 6.45) is 0. The number of fused-ring (bicyclic) bond motifs is 13. The van der Waals surface area contributed by atoms with Crippen LogP contribution < -0.4 is 9.90 Å². The topological polar surface area (TPSA) is 38.2 Å². The van der Waals surface area contributed by atoms with Gasteiger partial charge >= 0.3 is 0 Å². The predicted octanol–water partition coefficient (Wildman–Crippen LogP) is 12.0. The summed E-state index contributed by atoms with van der Waals surface area (Å²) in [6.45, 7) is -3.40. The molecule has 9 aromatic rings. The lowest BCUT2D eigenvalue weighted by atomic mass is 9.89. The third-order valence-electron chi connectivity index (χ3n) is 9.39. The van der Waals surface area contributed by atoms with Gasteiger partial charge < -0.3 is 4.84 Å². The van der Waals surface area contributed by atoms with Crippen LogP contribution in [0.15, 0.2) is 121 Å². The van der Waals surface area contributed by atoms with Crippen LogP contribution in [0.25, 0.3) is 75.0 Å². The molecule has 0 aliphatic carbocycles. The molecule has 3 heterocycles. The van der Waals surface area contributed by atoms with Crippen molar-refractivity contribution in [2.45, 2.75) is 20.6 Å². The highest BCUT2D eigenvalue weighted by Gasteiger charge is 2.34. The molecule has 1 aliphatic heterocycles. The largest absolute Gasteiger partial charge is 0.371 e. The van der Waals surface area contributed by atoms with E-state index in [9.17, 15) is 0 Å². The summed E-state index contributed by atoms with van der Waals surface area (Å²) in [5, 5.41) is 8.87. The van der Waals surface area contributed by atoms with Crippen LogP contribution in [-0.2, 0) is 0 Å². The maximum atomic E-state index is 8.55. The fourth-order valence-corrected chi connectivity index (χ4v) is 8.65. The van der Waals surface area contributed by atoms with Gasteiger partial charge in [-0.1, -0.05) is 109 Å². The van der Waals surface area contributed by atoms with E-state index in [1.807, 2.05) is 54.6 Å². The standard InChI is InChI=1S/C43H29N3OS/c1-24-22-25(2)36(26(3)23-24)40-31-16-8-10-18-33(31)44-43(45-40)46-41-39(38-28-13-5-4-12-27(28)20-21-34(38)47-46)30-15-7-6-14-29(30)37-32-17-9-11-19-35(32)48-42(37)41/h4-23H,1-3H3/i1D3,2D3. The number of thiophene rings is 1. The lowest BCUT2D eigenvalue weighted by molar-refractivity contribution is 0.316. The lowest BCUT2D eigenvalue weighted by Gasteiger charge is -2.33. The second-order valence-electron chi connectivity index (χ2n) is 12.2. The molecule has 0 fully saturated rings. The first-order chi connectivity index (χ1) is 26.0. The zero-order valence-corrected chi connectivity index (χ0v) is 26.5. The third-order valence-corrected chi connectivity index (χ3v) is 10.6. The minimum atomic E-state index is -2.63. The zero-order chi connectivity index (χ0) is 37.1. The molecule has 7 aromatic carbocycles. The average Bonchev–Trinajstić information content (AvgIpc) is 3.56. The van der Waals surface area contributed by atoms with Gasteiger partial charge in [0, 0.05) is 45.8 Å². The Hall–Kier alpha value is -5.78. The molecule has 2 aromatic heterocycles. The first-order valence-corrected chi connectivity index (χ1v) is 16.6. The van der Waals surface area contributed by atoms with E-state index in [0.29, 0.717) is 33.5 Å². The number of anilines is 2. The van der Waals surface area contributed by atoms with Crippen molar-refractivity contribution in [1.82, 2.24) is 9.97 Å². The Morgan fingerprint density at radius 1 is 0.646 bits per heavy atom. The van der Waals surface area contributed by atoms with E-state index in [0.717, 1.165) is 58.5 Å². The van der Waals surface area contributed by atoms with Crippen molar-refractivity contribution in [3.8, 4) is 28.1 Å². The number of para-hydroxylation sites is 1. The number of hydrogen-bond acceptors (Lipinski definition) is 5. The van der Waals surface area contributed by atoms with Gasteiger partial charge in [-0.2, -0.15) is 0 Å². The maximum absolute atomic E-state index is 8.55. The molecule has 0 radical (unpaired) electrons. The van der Waals surface area contributed by atoms with Crippen LogP contribution in [0, 0.1) is 20.6 Å². The summed E-state index contributed by atoms with van der Waals surface area (Å²) in [7, 11) is 0. The summed E-state index contributed by atoms with van der Waals surface area (Å²) in [5.74, 6) is 0.847. The van der Waals surface area contributed by atoms with Crippen LogP contribution in [0.2, 0.25) is 0 Å². The fraction of sp³-hybridized carbons (Fsp3) is 0.0698. The van der Waals surface area contributed by atoms with E-state index in [-0.39, 0.29) is 17.1 Å². The van der Waals surface area contributed by atoms with E-state index in [2.05, 4.69) is 54.6 Å². The minimum Gasteiger partial charge on any atom is -0.371 e. The number of nitrogens with zero attached hydrogens (tertiary/aromatic N) is 3. The highest BCUT2D eigenvalue weighted by Crippen LogP contribution is 2.56. The Bertz CT molecular complexity index is 3040. The van der Waals surface area contributed by atoms with Gasteiger partial charge in [0.25, 0.3) is 5.95 Å². The fourth-order valence-electron chi connectivity index (χ4n) is 7.40. The molecule has 10 rings (SSSR count). The van der Waals surface area contributed by atoms with E-state index in [4.69, 9.17) is 23.0 Å². The van der Waals surface area contributed by atoms with Crippen LogP contribution in [0.1, 0.15) is 24.9 Å². The third kappa shape index (κ3) is 3.82. The molecule has 0 N–H and O–H groups in total. The lowest BCUT2D eigenvalue weighted by Crippen LogP contribution is -2.28. The van der Waals surface area contributed by atoms with E-state index in [1.165, 1.54) is 12.1 Å². The van der Waals surface area contributed by atoms with E-state index >= 15 is 0 Å². The number of benzene rings is 7. The van der Waals surface area contributed by atoms with Crippen molar-refractivity contribution in [2.24, 2.45) is 0 Å². The van der Waals surface area contributed by atoms with Gasteiger partial charge in [-0.3, -0.25) is 0 Å². The van der Waals surface area contributed by atoms with Crippen molar-refractivity contribution >= 4 is 75.6 Å². The highest BCUT2D eigenvalue weighted by atomic mass is 32.1. The monoisotopic (exact) mass is 641 g/mol. The number of hydrogen-bond donors (Lipinski definition) is 0. The van der Waals surface area contributed by atoms with Gasteiger partial charge in [-0.25, -0.2) is 9.97 Å². The molecule has 228 valence electrons. The predicted molar refractivity (Wildman–Crippen MR) is 202 cm³/mol. The van der Waals surface area contributed by atoms with Crippen LogP contribution in [0.4, 0.5) is 11.6 Å². The summed E-state index contributed by atoms with van der Waals surface area (Å²) in [4.78, 5) is 17.3. The zero-order valence-electron chi connectivity index (χ0n) is 31.7. The van der Waals surface area contributed by atoms with Gasteiger partial charge in [0.05, 0.1) is 15.9 Å². The Balaban J connectivity index is 1.34. The molecule has 1 aliphatic rings. The van der Waals surface area contributed by atoms with E-state index < -0.39 is 13.7 Å². The molecule has 0 saturated carbocycles. The number of rotatable bonds is 2. The molecule has 5 heteroatoms. The van der Waals surface area contributed by atoms with Crippen LogP contribution >= 0.6 is 11.3 Å². The maximum Gasteiger partial charge on any atom is 0.265 e. The Morgan fingerprint density at radius 2 is 1.38 bits per heavy atom. The molecule has 0 spiro atoms. The molecule has 0 amide bonds. The molecule has 48 heavy (non-hydrogen) atoms. The van der Waals surface area contributed by atoms with Crippen molar-refractivity contribution in [2.75, 3.05) is 5.06 Å². The van der Waals surface area contributed by atoms with Crippen molar-refractivity contribution in [3.05, 3.63) is 138 Å². The van der Waals surface area contributed by atoms with Crippen molar-refractivity contribution in [3.63, 3.8) is 0 Å². The van der Waals surface area contributed by atoms with E-state index in [1.54, 1.807) is 23.3 Å². The van der Waals surface area contributed by atoms with Crippen LogP contribution in [0.3, 0.4) is 0 Å². The molecule has 0 unspecified atom stereocenters. The normalized spacial score (nSPS) is 15.0. The summed E-state index contributed by atoms with van der Waals surface area (Å²) >= 11 is 1.68. The molecular weight excluding hydrogens is 607 g/mol. The van der Waals surface area contributed by atoms with Gasteiger partial charge in [-0.15, -0.1) is 16.4 Å². The van der Waals surface area contributed by atoms with Crippen LogP contribution in [0.5, 0.6) is 5.75 Å². The van der Waals surface area contributed by atoms with Crippen LogP contribution in [-0.4, -0.2) is 9.97 Å². The molecular formula is C43H29N3OS. The Labute approximate surface area is 289 Å². The SMILES string of the molecule is [2H]C([2H])([2H])c1cc(C)c(-c2nc(N3Oc4ccc5ccccc5c4-c4c3c3sc5ccccc5c3c3ccccc43)nc3ccccc23)c(C([2H])([2H])[2H])c1. The Morgan fingerprint density at radius 3 is 2.23 bits per heavy atom. The van der Waals surface area contributed by atoms with Crippen molar-refractivity contribution in [1.29, 1.82) is 0 Å². The second-order valence-corrected chi connectivity index (χ2v) is 13.3. The summed E-state index contributed by atoms with van der Waals surface area (Å²) in [6, 6.07) is 39.4. The first kappa shape index (κ1) is 21.9. The first-order valence-electron chi connectivity index (χ1n) is 18.8. The summed E-state index contributed by atoms with van der Waals surface area (Å²) in [5.41, 5.74) is 4.41.